The van der Waals surface area contributed by atoms with E-state index in [1.54, 1.807) is 18.5 Å². The van der Waals surface area contributed by atoms with Crippen LogP contribution in [-0.2, 0) is 4.84 Å². The number of hydrogen-bond donors (Lipinski definition) is 2. The van der Waals surface area contributed by atoms with Crippen LogP contribution in [0.3, 0.4) is 0 Å². The van der Waals surface area contributed by atoms with Crippen LogP contribution in [0.2, 0.25) is 0 Å². The molecule has 2 heterocycles. The predicted octanol–water partition coefficient (Wildman–Crippen LogP) is 0.258. The van der Waals surface area contributed by atoms with Crippen LogP contribution in [0.25, 0.3) is 11.2 Å². The summed E-state index contributed by atoms with van der Waals surface area (Å²) in [6, 6.07) is 0. The Kier molecular flexibility index (Phi) is 3.28. The second-order valence-corrected chi connectivity index (χ2v) is 3.28. The van der Waals surface area contributed by atoms with Crippen LogP contribution in [0.4, 0.5) is 5.82 Å². The molecule has 0 atom stereocenters. The highest BCUT2D eigenvalue weighted by atomic mass is 16.7. The fourth-order valence-corrected chi connectivity index (χ4v) is 1.32. The van der Waals surface area contributed by atoms with Crippen LogP contribution >= 0.6 is 0 Å². The van der Waals surface area contributed by atoms with Crippen molar-refractivity contribution in [2.45, 2.75) is 0 Å². The molecule has 0 saturated carbocycles. The van der Waals surface area contributed by atoms with E-state index in [-0.39, 0.29) is 0 Å². The first-order valence-electron chi connectivity index (χ1n) is 4.94. The minimum atomic E-state index is 0.726. The molecule has 16 heavy (non-hydrogen) atoms. The number of nitrogens with zero attached hydrogens (tertiary/aromatic N) is 4. The quantitative estimate of drug-likeness (QED) is 0.706. The van der Waals surface area contributed by atoms with Gasteiger partial charge >= 0.3 is 0 Å². The van der Waals surface area contributed by atoms with E-state index in [0.29, 0.717) is 0 Å². The van der Waals surface area contributed by atoms with Crippen LogP contribution in [0.15, 0.2) is 12.7 Å². The summed E-state index contributed by atoms with van der Waals surface area (Å²) in [6.07, 6.45) is 3.11. The number of H-pyrrole nitrogens is 1. The van der Waals surface area contributed by atoms with E-state index in [0.717, 1.165) is 30.1 Å². The van der Waals surface area contributed by atoms with Crippen molar-refractivity contribution in [2.75, 3.05) is 32.6 Å². The van der Waals surface area contributed by atoms with E-state index in [9.17, 15) is 0 Å². The number of aromatic amines is 1. The second kappa shape index (κ2) is 4.86. The zero-order valence-electron chi connectivity index (χ0n) is 9.27. The number of aromatic nitrogens is 4. The third-order valence-electron chi connectivity index (χ3n) is 2.25. The summed E-state index contributed by atoms with van der Waals surface area (Å²) in [4.78, 5) is 20.3. The second-order valence-electron chi connectivity index (χ2n) is 3.28. The summed E-state index contributed by atoms with van der Waals surface area (Å²) in [5.74, 6) is 0.732. The van der Waals surface area contributed by atoms with Gasteiger partial charge in [-0.25, -0.2) is 15.0 Å². The molecule has 0 unspecified atom stereocenters. The lowest BCUT2D eigenvalue weighted by atomic mass is 10.5. The molecule has 7 heteroatoms. The molecule has 0 aliphatic rings. The average molecular weight is 222 g/mol. The Labute approximate surface area is 92.8 Å². The number of hydrogen-bond acceptors (Lipinski definition) is 6. The fourth-order valence-electron chi connectivity index (χ4n) is 1.32. The van der Waals surface area contributed by atoms with Gasteiger partial charge in [0.2, 0.25) is 0 Å². The van der Waals surface area contributed by atoms with E-state index in [4.69, 9.17) is 4.84 Å². The summed E-state index contributed by atoms with van der Waals surface area (Å²) in [7, 11) is 3.50. The maximum atomic E-state index is 5.00. The molecule has 0 saturated heterocycles. The fraction of sp³-hybridized carbons (Fsp3) is 0.444. The van der Waals surface area contributed by atoms with Gasteiger partial charge in [0.15, 0.2) is 11.5 Å². The zero-order chi connectivity index (χ0) is 11.4. The van der Waals surface area contributed by atoms with Crippen LogP contribution in [-0.4, -0.2) is 52.2 Å². The Hall–Kier alpha value is -1.73. The number of likely N-dealkylation sites (N-methyl/N-ethyl adjacent to an activating group) is 1. The first-order valence-corrected chi connectivity index (χ1v) is 4.94. The van der Waals surface area contributed by atoms with Gasteiger partial charge in [-0.1, -0.05) is 0 Å². The number of anilines is 1. The van der Waals surface area contributed by atoms with Gasteiger partial charge in [0.25, 0.3) is 0 Å². The van der Waals surface area contributed by atoms with Crippen LogP contribution in [0, 0.1) is 0 Å². The predicted molar refractivity (Wildman–Crippen MR) is 59.8 cm³/mol. The maximum Gasteiger partial charge on any atom is 0.162 e. The van der Waals surface area contributed by atoms with Crippen LogP contribution in [0.1, 0.15) is 0 Å². The first-order chi connectivity index (χ1) is 7.81. The van der Waals surface area contributed by atoms with Crippen molar-refractivity contribution in [3.05, 3.63) is 12.7 Å². The van der Waals surface area contributed by atoms with Crippen molar-refractivity contribution in [3.63, 3.8) is 0 Å². The highest BCUT2D eigenvalue weighted by molar-refractivity contribution is 5.81. The van der Waals surface area contributed by atoms with E-state index in [1.165, 1.54) is 6.33 Å². The normalized spacial score (nSPS) is 11.2. The topological polar surface area (TPSA) is 79.0 Å². The van der Waals surface area contributed by atoms with Gasteiger partial charge in [-0.05, 0) is 0 Å². The largest absolute Gasteiger partial charge is 0.367 e. The Morgan fingerprint density at radius 2 is 2.31 bits per heavy atom. The smallest absolute Gasteiger partial charge is 0.162 e. The first kappa shape index (κ1) is 10.8. The Morgan fingerprint density at radius 3 is 3.12 bits per heavy atom. The molecule has 0 aliphatic heterocycles. The SMILES string of the molecule is CON(C)CCNc1ncnc2[nH]cnc12. The molecule has 2 aromatic rings. The minimum Gasteiger partial charge on any atom is -0.367 e. The summed E-state index contributed by atoms with van der Waals surface area (Å²) in [5.41, 5.74) is 1.49. The molecule has 7 nitrogen and oxygen atoms in total. The van der Waals surface area contributed by atoms with Crippen molar-refractivity contribution in [1.29, 1.82) is 0 Å². The van der Waals surface area contributed by atoms with Crippen LogP contribution < -0.4 is 5.32 Å². The van der Waals surface area contributed by atoms with Gasteiger partial charge in [-0.2, -0.15) is 5.06 Å². The van der Waals surface area contributed by atoms with E-state index in [2.05, 4.69) is 25.3 Å². The molecule has 0 aromatic carbocycles. The third-order valence-corrected chi connectivity index (χ3v) is 2.25. The lowest BCUT2D eigenvalue weighted by Crippen LogP contribution is -2.24. The van der Waals surface area contributed by atoms with Gasteiger partial charge < -0.3 is 15.1 Å². The summed E-state index contributed by atoms with van der Waals surface area (Å²) in [6.45, 7) is 1.48. The molecule has 0 spiro atoms. The van der Waals surface area contributed by atoms with Gasteiger partial charge in [0.1, 0.15) is 11.8 Å². The summed E-state index contributed by atoms with van der Waals surface area (Å²) >= 11 is 0. The van der Waals surface area contributed by atoms with Gasteiger partial charge in [-0.15, -0.1) is 0 Å². The summed E-state index contributed by atoms with van der Waals surface area (Å²) < 4.78 is 0. The molecule has 0 radical (unpaired) electrons. The number of imidazole rings is 1. The molecule has 2 rings (SSSR count). The minimum absolute atomic E-state index is 0.726. The summed E-state index contributed by atoms with van der Waals surface area (Å²) in [5, 5.41) is 4.92. The Bertz CT molecular complexity index is 456. The Morgan fingerprint density at radius 1 is 1.44 bits per heavy atom. The molecule has 0 bridgehead atoms. The lowest BCUT2D eigenvalue weighted by Gasteiger charge is -2.13. The van der Waals surface area contributed by atoms with Crippen molar-refractivity contribution >= 4 is 17.0 Å². The van der Waals surface area contributed by atoms with Gasteiger partial charge in [0.05, 0.1) is 13.4 Å². The van der Waals surface area contributed by atoms with E-state index < -0.39 is 0 Å². The van der Waals surface area contributed by atoms with E-state index in [1.807, 2.05) is 7.05 Å². The number of rotatable bonds is 5. The molecule has 0 aliphatic carbocycles. The van der Waals surface area contributed by atoms with Gasteiger partial charge in [0, 0.05) is 20.1 Å². The monoisotopic (exact) mass is 222 g/mol. The number of hydroxylamine groups is 2. The van der Waals surface area contributed by atoms with Gasteiger partial charge in [-0.3, -0.25) is 0 Å². The number of nitrogens with one attached hydrogen (secondary N) is 2. The maximum absolute atomic E-state index is 5.00. The molecule has 86 valence electrons. The molecule has 0 fully saturated rings. The van der Waals surface area contributed by atoms with Crippen LogP contribution in [0.5, 0.6) is 0 Å². The van der Waals surface area contributed by atoms with Crippen molar-refractivity contribution in [2.24, 2.45) is 0 Å². The highest BCUT2D eigenvalue weighted by Crippen LogP contribution is 2.13. The standard InChI is InChI=1S/C9H14N6O/c1-15(16-2)4-3-10-8-7-9(12-5-11-7)14-6-13-8/h5-6H,3-4H2,1-2H3,(H2,10,11,12,13,14). The van der Waals surface area contributed by atoms with Crippen molar-refractivity contribution in [3.8, 4) is 0 Å². The zero-order valence-corrected chi connectivity index (χ0v) is 9.27. The van der Waals surface area contributed by atoms with E-state index >= 15 is 0 Å². The highest BCUT2D eigenvalue weighted by Gasteiger charge is 2.05. The number of fused-ring (bicyclic) bond motifs is 1. The average Bonchev–Trinajstić information content (AvgIpc) is 2.77. The third kappa shape index (κ3) is 2.26. The van der Waals surface area contributed by atoms with Crippen molar-refractivity contribution in [1.82, 2.24) is 25.0 Å². The molecular weight excluding hydrogens is 208 g/mol. The molecule has 0 amide bonds. The molecule has 2 N–H and O–H groups in total. The molecule has 2 aromatic heterocycles. The molecular formula is C9H14N6O. The lowest BCUT2D eigenvalue weighted by molar-refractivity contribution is -0.105. The Balaban J connectivity index is 2.01. The van der Waals surface area contributed by atoms with Crippen molar-refractivity contribution < 1.29 is 4.84 Å².